The maximum Gasteiger partial charge on any atom is 0.327 e. The first-order valence-corrected chi connectivity index (χ1v) is 11.8. The Morgan fingerprint density at radius 2 is 1.81 bits per heavy atom. The Morgan fingerprint density at radius 3 is 2.52 bits per heavy atom. The number of aliphatic hydroxyl groups is 1. The molecule has 27 heavy (non-hydrogen) atoms. The number of carboxylic acid groups (broad SMARTS) is 1. The van der Waals surface area contributed by atoms with Crippen LogP contribution in [0.5, 0.6) is 0 Å². The number of hydrogen-bond acceptors (Lipinski definition) is 4. The molecule has 1 unspecified atom stereocenters. The molecular weight excluding hydrogens is 360 g/mol. The van der Waals surface area contributed by atoms with Crippen molar-refractivity contribution in [3.63, 3.8) is 0 Å². The molecule has 0 radical (unpaired) electrons. The van der Waals surface area contributed by atoms with Gasteiger partial charge in [-0.25, -0.2) is 4.79 Å². The average molecular weight is 399 g/mol. The smallest absolute Gasteiger partial charge is 0.327 e. The molecule has 4 nitrogen and oxygen atoms in total. The van der Waals surface area contributed by atoms with E-state index in [1.807, 2.05) is 0 Å². The molecule has 0 amide bonds. The third-order valence-corrected chi connectivity index (χ3v) is 6.88. The van der Waals surface area contributed by atoms with Crippen LogP contribution in [0.15, 0.2) is 12.2 Å². The van der Waals surface area contributed by atoms with Crippen LogP contribution in [0.3, 0.4) is 0 Å². The quantitative estimate of drug-likeness (QED) is 0.275. The summed E-state index contributed by atoms with van der Waals surface area (Å²) in [6.45, 7) is 2.41. The van der Waals surface area contributed by atoms with Crippen molar-refractivity contribution in [1.82, 2.24) is 0 Å². The summed E-state index contributed by atoms with van der Waals surface area (Å²) in [6, 6.07) is 0. The second kappa shape index (κ2) is 15.2. The number of carbonyl (C=O) groups excluding carboxylic acids is 1. The van der Waals surface area contributed by atoms with Crippen LogP contribution in [0.25, 0.3) is 0 Å². The molecule has 2 N–H and O–H groups in total. The topological polar surface area (TPSA) is 74.6 Å². The molecule has 0 aliphatic heterocycles. The summed E-state index contributed by atoms with van der Waals surface area (Å²) in [5, 5.41) is 18.1. The minimum atomic E-state index is -0.899. The van der Waals surface area contributed by atoms with Crippen LogP contribution in [-0.2, 0) is 9.59 Å². The minimum absolute atomic E-state index is 0.167. The van der Waals surface area contributed by atoms with Crippen LogP contribution >= 0.6 is 11.8 Å². The van der Waals surface area contributed by atoms with Gasteiger partial charge in [0.05, 0.1) is 6.61 Å². The van der Waals surface area contributed by atoms with E-state index >= 15 is 0 Å². The highest BCUT2D eigenvalue weighted by Crippen LogP contribution is 2.42. The minimum Gasteiger partial charge on any atom is -0.478 e. The molecule has 0 spiro atoms. The Balaban J connectivity index is 2.44. The van der Waals surface area contributed by atoms with Crippen molar-refractivity contribution >= 4 is 23.5 Å². The van der Waals surface area contributed by atoms with Gasteiger partial charge in [-0.3, -0.25) is 4.79 Å². The molecule has 0 aromatic heterocycles. The molecule has 0 bridgehead atoms. The van der Waals surface area contributed by atoms with Crippen LogP contribution in [0.4, 0.5) is 0 Å². The van der Waals surface area contributed by atoms with E-state index in [1.54, 1.807) is 17.8 Å². The zero-order valence-electron chi connectivity index (χ0n) is 16.9. The van der Waals surface area contributed by atoms with Crippen LogP contribution in [-0.4, -0.2) is 39.6 Å². The van der Waals surface area contributed by atoms with Crippen LogP contribution < -0.4 is 0 Å². The molecule has 1 aliphatic carbocycles. The second-order valence-corrected chi connectivity index (χ2v) is 9.00. The third kappa shape index (κ3) is 10.3. The largest absolute Gasteiger partial charge is 0.478 e. The molecule has 1 aliphatic rings. The van der Waals surface area contributed by atoms with Crippen molar-refractivity contribution in [3.05, 3.63) is 12.2 Å². The van der Waals surface area contributed by atoms with Gasteiger partial charge < -0.3 is 10.2 Å². The Bertz CT molecular complexity index is 450. The molecule has 0 aromatic carbocycles. The van der Waals surface area contributed by atoms with Gasteiger partial charge in [-0.2, -0.15) is 11.8 Å². The number of aliphatic hydroxyl groups excluding tert-OH is 1. The summed E-state index contributed by atoms with van der Waals surface area (Å²) in [6.07, 6.45) is 15.9. The Hall–Kier alpha value is -0.810. The predicted octanol–water partition coefficient (Wildman–Crippen LogP) is 5.24. The number of carbonyl (C=O) groups is 2. The fraction of sp³-hybridized carbons (Fsp3) is 0.818. The fourth-order valence-electron chi connectivity index (χ4n) is 4.12. The van der Waals surface area contributed by atoms with Gasteiger partial charge >= 0.3 is 5.97 Å². The fourth-order valence-corrected chi connectivity index (χ4v) is 5.38. The number of carboxylic acids is 1. The predicted molar refractivity (Wildman–Crippen MR) is 113 cm³/mol. The first-order chi connectivity index (χ1) is 13.1. The molecule has 1 saturated carbocycles. The van der Waals surface area contributed by atoms with Crippen molar-refractivity contribution in [2.75, 3.05) is 12.4 Å². The number of unbranched alkanes of at least 4 members (excludes halogenated alkanes) is 7. The number of ketones is 1. The molecule has 0 heterocycles. The van der Waals surface area contributed by atoms with Gasteiger partial charge in [0.15, 0.2) is 0 Å². The lowest BCUT2D eigenvalue weighted by Crippen LogP contribution is -2.20. The highest BCUT2D eigenvalue weighted by atomic mass is 32.2. The van der Waals surface area contributed by atoms with Crippen molar-refractivity contribution in [2.45, 2.75) is 89.2 Å². The molecule has 156 valence electrons. The number of rotatable bonds is 16. The first-order valence-electron chi connectivity index (χ1n) is 10.7. The molecule has 5 heteroatoms. The number of thioether (sulfide) groups is 1. The third-order valence-electron chi connectivity index (χ3n) is 5.52. The lowest BCUT2D eigenvalue weighted by Gasteiger charge is -2.23. The van der Waals surface area contributed by atoms with E-state index in [9.17, 15) is 9.59 Å². The van der Waals surface area contributed by atoms with Crippen molar-refractivity contribution in [2.24, 2.45) is 11.8 Å². The van der Waals surface area contributed by atoms with Gasteiger partial charge in [0.1, 0.15) is 5.78 Å². The van der Waals surface area contributed by atoms with E-state index in [-0.39, 0.29) is 12.5 Å². The van der Waals surface area contributed by atoms with Gasteiger partial charge in [-0.1, -0.05) is 57.9 Å². The molecule has 1 fully saturated rings. The monoisotopic (exact) mass is 398 g/mol. The van der Waals surface area contributed by atoms with Gasteiger partial charge in [-0.05, 0) is 31.6 Å². The van der Waals surface area contributed by atoms with Crippen LogP contribution in [0.2, 0.25) is 0 Å². The van der Waals surface area contributed by atoms with Crippen LogP contribution in [0, 0.1) is 11.8 Å². The Kier molecular flexibility index (Phi) is 13.6. The molecule has 0 aromatic rings. The summed E-state index contributed by atoms with van der Waals surface area (Å²) in [4.78, 5) is 23.1. The number of Topliss-reactive ketones (excluding diaryl/α,β-unsaturated/α-hetero) is 1. The van der Waals surface area contributed by atoms with E-state index in [2.05, 4.69) is 6.92 Å². The highest BCUT2D eigenvalue weighted by molar-refractivity contribution is 8.00. The summed E-state index contributed by atoms with van der Waals surface area (Å²) in [5.41, 5.74) is 0. The maximum atomic E-state index is 12.6. The number of aliphatic carboxylic acids is 1. The van der Waals surface area contributed by atoms with Crippen molar-refractivity contribution < 1.29 is 19.8 Å². The molecule has 1 rings (SSSR count). The lowest BCUT2D eigenvalue weighted by molar-refractivity contribution is -0.131. The zero-order valence-corrected chi connectivity index (χ0v) is 17.7. The number of hydrogen-bond donors (Lipinski definition) is 2. The summed E-state index contributed by atoms with van der Waals surface area (Å²) in [7, 11) is 0. The van der Waals surface area contributed by atoms with E-state index in [0.717, 1.165) is 37.9 Å². The zero-order chi connectivity index (χ0) is 19.9. The van der Waals surface area contributed by atoms with Crippen molar-refractivity contribution in [1.29, 1.82) is 0 Å². The number of allylic oxidation sites excluding steroid dienone is 1. The second-order valence-electron chi connectivity index (χ2n) is 7.66. The van der Waals surface area contributed by atoms with E-state index < -0.39 is 5.97 Å². The molecular formula is C22H38O4S. The van der Waals surface area contributed by atoms with Crippen LogP contribution in [0.1, 0.15) is 84.0 Å². The van der Waals surface area contributed by atoms with Gasteiger partial charge in [0, 0.05) is 29.4 Å². The van der Waals surface area contributed by atoms with E-state index in [0.29, 0.717) is 23.4 Å². The van der Waals surface area contributed by atoms with E-state index in [1.165, 1.54) is 44.6 Å². The highest BCUT2D eigenvalue weighted by Gasteiger charge is 2.41. The van der Waals surface area contributed by atoms with Gasteiger partial charge in [-0.15, -0.1) is 0 Å². The molecule has 3 atom stereocenters. The van der Waals surface area contributed by atoms with Crippen molar-refractivity contribution in [3.8, 4) is 0 Å². The standard InChI is InChI=1S/C22H38O4S/c1-2-3-4-5-6-10-13-19-18(12-9-7-8-11-14-22(25)26)20(24)17-21(19)27-16-15-23/h11,14,18-19,21,23H,2-10,12-13,15-17H2,1H3,(H,25,26)/t18-,19-,21?/m1/s1. The van der Waals surface area contributed by atoms with E-state index in [4.69, 9.17) is 10.2 Å². The first kappa shape index (κ1) is 24.2. The Morgan fingerprint density at radius 1 is 1.11 bits per heavy atom. The summed E-state index contributed by atoms with van der Waals surface area (Å²) in [5.74, 6) is 0.846. The molecule has 0 saturated heterocycles. The van der Waals surface area contributed by atoms with Gasteiger partial charge in [0.25, 0.3) is 0 Å². The summed E-state index contributed by atoms with van der Waals surface area (Å²) < 4.78 is 0. The maximum absolute atomic E-state index is 12.6. The normalized spacial score (nSPS) is 22.7. The van der Waals surface area contributed by atoms with Gasteiger partial charge in [0.2, 0.25) is 0 Å². The SMILES string of the molecule is CCCCCCCC[C@H]1C(SCCO)CC(=O)[C@@H]1CCCCC=CC(=O)O. The average Bonchev–Trinajstić information content (AvgIpc) is 2.93. The summed E-state index contributed by atoms with van der Waals surface area (Å²) >= 11 is 1.77. The lowest BCUT2D eigenvalue weighted by atomic mass is 9.86. The Labute approximate surface area is 169 Å².